The second-order valence-electron chi connectivity index (χ2n) is 10.5. The van der Waals surface area contributed by atoms with Gasteiger partial charge in [-0.1, -0.05) is 115 Å². The molecule has 0 heterocycles. The van der Waals surface area contributed by atoms with Crippen LogP contribution in [-0.4, -0.2) is 6.21 Å². The quantitative estimate of drug-likeness (QED) is 0.0799. The first-order valence-corrected chi connectivity index (χ1v) is 15.0. The molecule has 39 heavy (non-hydrogen) atoms. The van der Waals surface area contributed by atoms with Gasteiger partial charge < -0.3 is 14.4 Å². The summed E-state index contributed by atoms with van der Waals surface area (Å²) in [6.45, 7) is 33.1. The van der Waals surface area contributed by atoms with Crippen molar-refractivity contribution in [1.82, 2.24) is 0 Å². The number of hydrogen-bond donors (Lipinski definition) is 0. The molecule has 2 heteroatoms. The van der Waals surface area contributed by atoms with Crippen molar-refractivity contribution < 1.29 is 17.1 Å². The SMILES string of the molecule is C=C(C)C/C=C/C(C=Nc1c(C)cccc1CC)(CCC(CCCC)C(C)CC)CC(=C)C.CC.[CH2-]C.[CH3-].[Fe+2]. The van der Waals surface area contributed by atoms with E-state index in [1.165, 1.54) is 54.4 Å². The van der Waals surface area contributed by atoms with Crippen molar-refractivity contribution in [3.8, 4) is 0 Å². The second kappa shape index (κ2) is 26.8. The van der Waals surface area contributed by atoms with Crippen LogP contribution in [0.5, 0.6) is 0 Å². The van der Waals surface area contributed by atoms with Gasteiger partial charge >= 0.3 is 17.1 Å². The number of rotatable bonds is 16. The van der Waals surface area contributed by atoms with Crippen molar-refractivity contribution in [2.75, 3.05) is 0 Å². The molecule has 226 valence electrons. The third kappa shape index (κ3) is 18.6. The fourth-order valence-electron chi connectivity index (χ4n) is 4.79. The minimum Gasteiger partial charge on any atom is -0.358 e. The maximum atomic E-state index is 5.17. The molecule has 0 amide bonds. The van der Waals surface area contributed by atoms with E-state index in [1.807, 2.05) is 13.8 Å². The van der Waals surface area contributed by atoms with Gasteiger partial charge in [0.2, 0.25) is 0 Å². The maximum absolute atomic E-state index is 5.17. The van der Waals surface area contributed by atoms with Gasteiger partial charge in [-0.15, -0.1) is 6.58 Å². The number of unbranched alkanes of at least 4 members (excludes halogenated alkanes) is 1. The summed E-state index contributed by atoms with van der Waals surface area (Å²) in [4.78, 5) is 5.17. The summed E-state index contributed by atoms with van der Waals surface area (Å²) in [6, 6.07) is 6.53. The topological polar surface area (TPSA) is 12.4 Å². The van der Waals surface area contributed by atoms with Crippen molar-refractivity contribution in [1.29, 1.82) is 0 Å². The average molecular weight is 580 g/mol. The van der Waals surface area contributed by atoms with Gasteiger partial charge in [0, 0.05) is 11.6 Å². The molecule has 1 aromatic carbocycles. The van der Waals surface area contributed by atoms with Gasteiger partial charge in [-0.05, 0) is 75.8 Å². The largest absolute Gasteiger partial charge is 2.00 e. The van der Waals surface area contributed by atoms with Gasteiger partial charge in [-0.2, -0.15) is 6.92 Å². The van der Waals surface area contributed by atoms with Crippen LogP contribution in [0.25, 0.3) is 0 Å². The zero-order valence-corrected chi connectivity index (χ0v) is 29.0. The molecule has 0 spiro atoms. The number of hydrogen-bond acceptors (Lipinski definition) is 1. The Morgan fingerprint density at radius 3 is 2.15 bits per heavy atom. The minimum atomic E-state index is -0.105. The van der Waals surface area contributed by atoms with Crippen LogP contribution >= 0.6 is 0 Å². The van der Waals surface area contributed by atoms with Crippen molar-refractivity contribution in [3.05, 3.63) is 80.1 Å². The summed E-state index contributed by atoms with van der Waals surface area (Å²) in [5, 5.41) is 0. The second-order valence-corrected chi connectivity index (χ2v) is 10.5. The third-order valence-corrected chi connectivity index (χ3v) is 7.06. The monoisotopic (exact) mass is 579 g/mol. The van der Waals surface area contributed by atoms with Gasteiger partial charge in [-0.25, -0.2) is 0 Å². The number of para-hydroxylation sites is 1. The Hall–Kier alpha value is -1.37. The number of allylic oxidation sites excluding steroid dienone is 4. The van der Waals surface area contributed by atoms with E-state index in [0.29, 0.717) is 0 Å². The molecule has 0 bridgehead atoms. The molecule has 0 aliphatic carbocycles. The van der Waals surface area contributed by atoms with Gasteiger partial charge in [0.25, 0.3) is 0 Å². The molecule has 0 aliphatic heterocycles. The normalized spacial score (nSPS) is 13.5. The van der Waals surface area contributed by atoms with Crippen molar-refractivity contribution in [3.63, 3.8) is 0 Å². The number of aryl methyl sites for hydroxylation is 2. The van der Waals surface area contributed by atoms with Crippen LogP contribution in [0.15, 0.2) is 59.6 Å². The van der Waals surface area contributed by atoms with Gasteiger partial charge in [0.1, 0.15) is 0 Å². The van der Waals surface area contributed by atoms with Crippen LogP contribution in [0, 0.1) is 38.5 Å². The summed E-state index contributed by atoms with van der Waals surface area (Å²) in [7, 11) is 0. The zero-order chi connectivity index (χ0) is 28.9. The van der Waals surface area contributed by atoms with Gasteiger partial charge in [-0.3, -0.25) is 4.99 Å². The van der Waals surface area contributed by atoms with E-state index in [0.717, 1.165) is 43.2 Å². The van der Waals surface area contributed by atoms with Crippen molar-refractivity contribution in [2.24, 2.45) is 22.2 Å². The molecule has 0 saturated carbocycles. The van der Waals surface area contributed by atoms with Gasteiger partial charge in [0.05, 0.1) is 5.69 Å². The first-order chi connectivity index (χ1) is 17.7. The van der Waals surface area contributed by atoms with Crippen LogP contribution < -0.4 is 0 Å². The summed E-state index contributed by atoms with van der Waals surface area (Å²) < 4.78 is 0. The molecule has 0 saturated heterocycles. The summed E-state index contributed by atoms with van der Waals surface area (Å²) in [5.74, 6) is 1.53. The minimum absolute atomic E-state index is 0. The van der Waals surface area contributed by atoms with Crippen LogP contribution in [0.4, 0.5) is 5.69 Å². The first kappa shape index (κ1) is 44.6. The van der Waals surface area contributed by atoms with Crippen LogP contribution in [0.1, 0.15) is 125 Å². The molecule has 0 aliphatic rings. The van der Waals surface area contributed by atoms with E-state index in [4.69, 9.17) is 4.99 Å². The Balaban J connectivity index is -0.000000972. The molecular formula is C37H65FeN. The standard InChI is InChI=1S/C32H51N.C2H6.C2H5.CH3.Fe/c1-10-13-18-30(27(8)11-2)20-22-32(23-26(6)7,21-15-16-25(4)5)24-33-31-28(9)17-14-19-29(31)12-3;2*1-2;;/h14-15,17,19,21,24,27,30H,4,6,10-13,16,18,20,22-23H2,1-3,5,7-9H3;1-2H3;1H2,2H3;1H3;/q;;2*-1;+2/b21-15+,33-24?;;;;. The molecule has 1 rings (SSSR count). The van der Waals surface area contributed by atoms with E-state index in [1.54, 1.807) is 6.92 Å². The third-order valence-electron chi connectivity index (χ3n) is 7.06. The number of nitrogens with zero attached hydrogens (tertiary/aromatic N) is 1. The molecule has 3 atom stereocenters. The summed E-state index contributed by atoms with van der Waals surface area (Å²) in [6.07, 6.45) is 17.4. The predicted molar refractivity (Wildman–Crippen MR) is 180 cm³/mol. The Morgan fingerprint density at radius 2 is 1.67 bits per heavy atom. The maximum Gasteiger partial charge on any atom is 2.00 e. The first-order valence-electron chi connectivity index (χ1n) is 15.0. The predicted octanol–water partition coefficient (Wildman–Crippen LogP) is 12.7. The Labute approximate surface area is 257 Å². The van der Waals surface area contributed by atoms with E-state index in [9.17, 15) is 0 Å². The number of aliphatic imine (C=N–C) groups is 1. The molecule has 0 fully saturated rings. The Bertz CT molecular complexity index is 804. The average Bonchev–Trinajstić information content (AvgIpc) is 2.89. The number of benzene rings is 1. The fraction of sp³-hybridized carbons (Fsp3) is 0.595. The molecule has 0 aromatic heterocycles. The van der Waals surface area contributed by atoms with Crippen LogP contribution in [-0.2, 0) is 23.5 Å². The van der Waals surface area contributed by atoms with Crippen molar-refractivity contribution >= 4 is 11.9 Å². The Kier molecular flexibility index (Phi) is 30.7. The zero-order valence-electron chi connectivity index (χ0n) is 27.9. The molecule has 0 N–H and O–H groups in total. The van der Waals surface area contributed by atoms with Crippen LogP contribution in [0.2, 0.25) is 0 Å². The van der Waals surface area contributed by atoms with E-state index in [-0.39, 0.29) is 29.9 Å². The summed E-state index contributed by atoms with van der Waals surface area (Å²) in [5.41, 5.74) is 6.02. The van der Waals surface area contributed by atoms with E-state index < -0.39 is 0 Å². The Morgan fingerprint density at radius 1 is 1.05 bits per heavy atom. The molecule has 0 radical (unpaired) electrons. The van der Waals surface area contributed by atoms with Gasteiger partial charge in [0.15, 0.2) is 0 Å². The van der Waals surface area contributed by atoms with E-state index in [2.05, 4.69) is 105 Å². The molecule has 1 aromatic rings. The van der Waals surface area contributed by atoms with Crippen LogP contribution in [0.3, 0.4) is 0 Å². The smallest absolute Gasteiger partial charge is 0.358 e. The summed E-state index contributed by atoms with van der Waals surface area (Å²) >= 11 is 0. The van der Waals surface area contributed by atoms with Crippen molar-refractivity contribution in [2.45, 2.75) is 127 Å². The van der Waals surface area contributed by atoms with E-state index >= 15 is 0 Å². The molecule has 1 nitrogen and oxygen atoms in total. The molecule has 3 unspecified atom stereocenters. The fourth-order valence-corrected chi connectivity index (χ4v) is 4.79. The molecular weight excluding hydrogens is 514 g/mol.